The molecule has 0 atom stereocenters. The van der Waals surface area contributed by atoms with E-state index < -0.39 is 0 Å². The van der Waals surface area contributed by atoms with Crippen LogP contribution in [-0.2, 0) is 13.7 Å². The third-order valence-electron chi connectivity index (χ3n) is 3.42. The zero-order valence-corrected chi connectivity index (χ0v) is 12.1. The Bertz CT molecular complexity index is 767. The maximum absolute atomic E-state index is 6.04. The van der Waals surface area contributed by atoms with Crippen molar-refractivity contribution in [2.75, 3.05) is 0 Å². The van der Waals surface area contributed by atoms with Crippen LogP contribution in [0.5, 0.6) is 5.75 Å². The number of fused-ring (bicyclic) bond motifs is 1. The third-order valence-corrected chi connectivity index (χ3v) is 3.72. The molecule has 0 N–H and O–H groups in total. The van der Waals surface area contributed by atoms with E-state index in [-0.39, 0.29) is 0 Å². The lowest BCUT2D eigenvalue weighted by atomic mass is 10.2. The molecule has 0 aliphatic heterocycles. The normalized spacial score (nSPS) is 10.9. The van der Waals surface area contributed by atoms with E-state index in [4.69, 9.17) is 16.3 Å². The van der Waals surface area contributed by atoms with Crippen LogP contribution in [0.15, 0.2) is 36.7 Å². The zero-order chi connectivity index (χ0) is 14.1. The number of hydrogen-bond donors (Lipinski definition) is 0. The first-order chi connectivity index (χ1) is 9.65. The largest absolute Gasteiger partial charge is 0.489 e. The van der Waals surface area contributed by atoms with Gasteiger partial charge in [-0.15, -0.1) is 0 Å². The number of aromatic nitrogens is 3. The first kappa shape index (κ1) is 12.9. The van der Waals surface area contributed by atoms with E-state index >= 15 is 0 Å². The predicted octanol–water partition coefficient (Wildman–Crippen LogP) is 3.51. The summed E-state index contributed by atoms with van der Waals surface area (Å²) in [6, 6.07) is 7.72. The van der Waals surface area contributed by atoms with Gasteiger partial charge in [0, 0.05) is 29.9 Å². The molecule has 2 heterocycles. The van der Waals surface area contributed by atoms with E-state index in [2.05, 4.69) is 10.1 Å². The molecule has 3 aromatic rings. The van der Waals surface area contributed by atoms with Crippen molar-refractivity contribution in [2.24, 2.45) is 7.05 Å². The van der Waals surface area contributed by atoms with Gasteiger partial charge in [0.15, 0.2) is 0 Å². The number of aryl methyl sites for hydroxylation is 1. The Morgan fingerprint density at radius 3 is 2.90 bits per heavy atom. The number of halogens is 1. The molecule has 102 valence electrons. The molecule has 0 fully saturated rings. The molecular weight excluding hydrogens is 274 g/mol. The molecule has 3 rings (SSSR count). The summed E-state index contributed by atoms with van der Waals surface area (Å²) in [4.78, 5) is 4.06. The van der Waals surface area contributed by atoms with E-state index in [9.17, 15) is 0 Å². The van der Waals surface area contributed by atoms with Gasteiger partial charge in [0.25, 0.3) is 0 Å². The Hall–Kier alpha value is -2.07. The van der Waals surface area contributed by atoms with Crippen molar-refractivity contribution in [1.29, 1.82) is 0 Å². The Morgan fingerprint density at radius 2 is 2.15 bits per heavy atom. The van der Waals surface area contributed by atoms with Crippen LogP contribution in [0.1, 0.15) is 11.3 Å². The van der Waals surface area contributed by atoms with Gasteiger partial charge in [0.1, 0.15) is 17.5 Å². The van der Waals surface area contributed by atoms with Gasteiger partial charge in [-0.05, 0) is 36.6 Å². The molecule has 2 aromatic heterocycles. The standard InChI is InChI=1S/C15H14ClN3O/c1-10-12(8-18-19(10)2)9-20-13-3-4-14-11(7-13)5-6-17-15(14)16/h3-8H,9H2,1-2H3. The molecular formula is C15H14ClN3O. The highest BCUT2D eigenvalue weighted by atomic mass is 35.5. The molecule has 4 nitrogen and oxygen atoms in total. The topological polar surface area (TPSA) is 39.9 Å². The lowest BCUT2D eigenvalue weighted by molar-refractivity contribution is 0.305. The second kappa shape index (κ2) is 5.13. The minimum Gasteiger partial charge on any atom is -0.489 e. The molecule has 0 aliphatic rings. The number of nitrogens with zero attached hydrogens (tertiary/aromatic N) is 3. The van der Waals surface area contributed by atoms with Crippen LogP contribution in [0, 0.1) is 6.92 Å². The minimum absolute atomic E-state index is 0.504. The third kappa shape index (κ3) is 2.34. The Balaban J connectivity index is 1.83. The monoisotopic (exact) mass is 287 g/mol. The molecule has 0 aliphatic carbocycles. The van der Waals surface area contributed by atoms with Crippen molar-refractivity contribution in [3.63, 3.8) is 0 Å². The van der Waals surface area contributed by atoms with Crippen molar-refractivity contribution in [3.8, 4) is 5.75 Å². The maximum atomic E-state index is 6.04. The van der Waals surface area contributed by atoms with Crippen molar-refractivity contribution < 1.29 is 4.74 Å². The Labute approximate surface area is 122 Å². The van der Waals surface area contributed by atoms with Crippen molar-refractivity contribution in [1.82, 2.24) is 14.8 Å². The molecule has 0 spiro atoms. The van der Waals surface area contributed by atoms with Crippen molar-refractivity contribution in [3.05, 3.63) is 53.1 Å². The fourth-order valence-corrected chi connectivity index (χ4v) is 2.28. The molecule has 0 amide bonds. The lowest BCUT2D eigenvalue weighted by Crippen LogP contribution is -1.98. The summed E-state index contributed by atoms with van der Waals surface area (Å²) in [7, 11) is 1.92. The predicted molar refractivity (Wildman–Crippen MR) is 79.0 cm³/mol. The van der Waals surface area contributed by atoms with Crippen LogP contribution in [0.2, 0.25) is 5.15 Å². The van der Waals surface area contributed by atoms with E-state index in [0.717, 1.165) is 27.8 Å². The average Bonchev–Trinajstić information content (AvgIpc) is 2.77. The smallest absolute Gasteiger partial charge is 0.136 e. The van der Waals surface area contributed by atoms with E-state index in [1.165, 1.54) is 0 Å². The van der Waals surface area contributed by atoms with Crippen LogP contribution in [-0.4, -0.2) is 14.8 Å². The van der Waals surface area contributed by atoms with Gasteiger partial charge in [-0.3, -0.25) is 4.68 Å². The van der Waals surface area contributed by atoms with Crippen LogP contribution >= 0.6 is 11.6 Å². The molecule has 1 aromatic carbocycles. The first-order valence-corrected chi connectivity index (χ1v) is 6.67. The van der Waals surface area contributed by atoms with E-state index in [0.29, 0.717) is 11.8 Å². The van der Waals surface area contributed by atoms with Gasteiger partial charge in [-0.2, -0.15) is 5.10 Å². The quantitative estimate of drug-likeness (QED) is 0.692. The van der Waals surface area contributed by atoms with Crippen LogP contribution in [0.4, 0.5) is 0 Å². The average molecular weight is 288 g/mol. The summed E-state index contributed by atoms with van der Waals surface area (Å²) >= 11 is 6.04. The molecule has 5 heteroatoms. The molecule has 0 unspecified atom stereocenters. The summed E-state index contributed by atoms with van der Waals surface area (Å²) in [5.41, 5.74) is 2.19. The highest BCUT2D eigenvalue weighted by Crippen LogP contribution is 2.25. The van der Waals surface area contributed by atoms with Gasteiger partial charge >= 0.3 is 0 Å². The second-order valence-corrected chi connectivity index (χ2v) is 5.01. The first-order valence-electron chi connectivity index (χ1n) is 6.29. The molecule has 0 saturated heterocycles. The maximum Gasteiger partial charge on any atom is 0.136 e. The van der Waals surface area contributed by atoms with Crippen molar-refractivity contribution in [2.45, 2.75) is 13.5 Å². The summed E-state index contributed by atoms with van der Waals surface area (Å²) < 4.78 is 7.66. The summed E-state index contributed by atoms with van der Waals surface area (Å²) in [5.74, 6) is 0.808. The minimum atomic E-state index is 0.504. The van der Waals surface area contributed by atoms with Gasteiger partial charge in [-0.1, -0.05) is 11.6 Å². The zero-order valence-electron chi connectivity index (χ0n) is 11.3. The van der Waals surface area contributed by atoms with E-state index in [1.54, 1.807) is 6.20 Å². The van der Waals surface area contributed by atoms with Gasteiger partial charge in [0.2, 0.25) is 0 Å². The molecule has 0 radical (unpaired) electrons. The fraction of sp³-hybridized carbons (Fsp3) is 0.200. The van der Waals surface area contributed by atoms with Crippen LogP contribution in [0.3, 0.4) is 0 Å². The summed E-state index contributed by atoms with van der Waals surface area (Å²) in [5, 5.41) is 6.66. The molecule has 20 heavy (non-hydrogen) atoms. The highest BCUT2D eigenvalue weighted by Gasteiger charge is 2.06. The Kier molecular flexibility index (Phi) is 3.32. The van der Waals surface area contributed by atoms with Gasteiger partial charge in [-0.25, -0.2) is 4.98 Å². The highest BCUT2D eigenvalue weighted by molar-refractivity contribution is 6.34. The number of ether oxygens (including phenoxy) is 1. The summed E-state index contributed by atoms with van der Waals surface area (Å²) in [6.07, 6.45) is 3.52. The van der Waals surface area contributed by atoms with Crippen molar-refractivity contribution >= 4 is 22.4 Å². The SMILES string of the molecule is Cc1c(COc2ccc3c(Cl)nccc3c2)cnn1C. The van der Waals surface area contributed by atoms with E-state index in [1.807, 2.05) is 49.1 Å². The summed E-state index contributed by atoms with van der Waals surface area (Å²) in [6.45, 7) is 2.53. The van der Waals surface area contributed by atoms with Gasteiger partial charge < -0.3 is 4.74 Å². The van der Waals surface area contributed by atoms with Gasteiger partial charge in [0.05, 0.1) is 6.20 Å². The molecule has 0 saturated carbocycles. The number of rotatable bonds is 3. The van der Waals surface area contributed by atoms with Crippen LogP contribution < -0.4 is 4.74 Å². The fourth-order valence-electron chi connectivity index (χ4n) is 2.06. The lowest BCUT2D eigenvalue weighted by Gasteiger charge is -2.07. The number of benzene rings is 1. The number of pyridine rings is 1. The number of hydrogen-bond acceptors (Lipinski definition) is 3. The Morgan fingerprint density at radius 1 is 1.30 bits per heavy atom. The molecule has 0 bridgehead atoms. The second-order valence-electron chi connectivity index (χ2n) is 4.65. The van der Waals surface area contributed by atoms with Crippen LogP contribution in [0.25, 0.3) is 10.8 Å².